The smallest absolute Gasteiger partial charge is 0.339 e. The fraction of sp³-hybridized carbons (Fsp3) is 0.364. The van der Waals surface area contributed by atoms with Crippen LogP contribution in [0.3, 0.4) is 0 Å². The van der Waals surface area contributed by atoms with Crippen LogP contribution in [0.2, 0.25) is 0 Å². The third-order valence-corrected chi connectivity index (χ3v) is 6.91. The van der Waals surface area contributed by atoms with Crippen LogP contribution in [-0.4, -0.2) is 74.8 Å². The highest BCUT2D eigenvalue weighted by atomic mass is 32.2. The Morgan fingerprint density at radius 3 is 2.55 bits per heavy atom. The van der Waals surface area contributed by atoms with Crippen molar-refractivity contribution < 1.29 is 22.7 Å². The van der Waals surface area contributed by atoms with Crippen LogP contribution in [0.5, 0.6) is 0 Å². The molecule has 2 aliphatic heterocycles. The van der Waals surface area contributed by atoms with Gasteiger partial charge in [0.1, 0.15) is 17.7 Å². The van der Waals surface area contributed by atoms with Gasteiger partial charge in [-0.05, 0) is 38.1 Å². The number of pyridine rings is 1. The van der Waals surface area contributed by atoms with Crippen molar-refractivity contribution >= 4 is 33.6 Å². The number of aromatic nitrogens is 1. The molecule has 0 radical (unpaired) electrons. The Labute approximate surface area is 192 Å². The first kappa shape index (κ1) is 22.7. The van der Waals surface area contributed by atoms with Crippen LogP contribution in [0.15, 0.2) is 52.5 Å². The van der Waals surface area contributed by atoms with Crippen molar-refractivity contribution in [2.24, 2.45) is 4.99 Å². The Balaban J connectivity index is 1.38. The third-order valence-electron chi connectivity index (χ3n) is 5.52. The Morgan fingerprint density at radius 1 is 1.15 bits per heavy atom. The highest BCUT2D eigenvalue weighted by Crippen LogP contribution is 2.23. The summed E-state index contributed by atoms with van der Waals surface area (Å²) in [5, 5.41) is 0. The van der Waals surface area contributed by atoms with Crippen LogP contribution in [-0.2, 0) is 19.6 Å². The monoisotopic (exact) mass is 471 g/mol. The number of rotatable bonds is 5. The van der Waals surface area contributed by atoms with Gasteiger partial charge in [0.05, 0.1) is 17.1 Å². The maximum absolute atomic E-state index is 12.9. The molecule has 10 nitrogen and oxygen atoms in total. The summed E-state index contributed by atoms with van der Waals surface area (Å²) in [6.45, 7) is 5.84. The van der Waals surface area contributed by atoms with Crippen molar-refractivity contribution in [2.45, 2.75) is 24.8 Å². The van der Waals surface area contributed by atoms with Crippen molar-refractivity contribution in [3.8, 4) is 0 Å². The Hall–Kier alpha value is -3.47. The van der Waals surface area contributed by atoms with Gasteiger partial charge in [-0.3, -0.25) is 14.5 Å². The molecule has 2 aromatic rings. The van der Waals surface area contributed by atoms with E-state index in [0.29, 0.717) is 43.9 Å². The zero-order chi connectivity index (χ0) is 23.6. The number of esters is 1. The number of fused-ring (bicyclic) bond motifs is 1. The van der Waals surface area contributed by atoms with Gasteiger partial charge in [0, 0.05) is 37.9 Å². The average molecular weight is 472 g/mol. The molecule has 0 saturated carbocycles. The highest BCUT2D eigenvalue weighted by molar-refractivity contribution is 7.90. The second-order valence-electron chi connectivity index (χ2n) is 7.69. The second kappa shape index (κ2) is 9.18. The van der Waals surface area contributed by atoms with Gasteiger partial charge in [-0.25, -0.2) is 18.2 Å². The quantitative estimate of drug-likeness (QED) is 0.647. The molecule has 1 fully saturated rings. The molecular formula is C22H25N5O5S. The normalized spacial score (nSPS) is 19.0. The molecule has 1 aromatic heterocycles. The maximum atomic E-state index is 12.9. The summed E-state index contributed by atoms with van der Waals surface area (Å²) in [4.78, 5) is 37.4. The lowest BCUT2D eigenvalue weighted by Crippen LogP contribution is -2.51. The number of anilines is 1. The number of hydrogen-bond acceptors (Lipinski definition) is 8. The van der Waals surface area contributed by atoms with Crippen LogP contribution in [0.4, 0.5) is 5.82 Å². The van der Waals surface area contributed by atoms with Crippen LogP contribution < -0.4 is 9.62 Å². The van der Waals surface area contributed by atoms with E-state index in [0.717, 1.165) is 5.82 Å². The van der Waals surface area contributed by atoms with Gasteiger partial charge >= 0.3 is 5.97 Å². The molecule has 0 spiro atoms. The Kier molecular flexibility index (Phi) is 6.32. The molecular weight excluding hydrogens is 446 g/mol. The number of amides is 1. The number of nitrogens with zero attached hydrogens (tertiary/aromatic N) is 4. The van der Waals surface area contributed by atoms with E-state index in [2.05, 4.69) is 14.7 Å². The SMILES string of the molecule is CCOC(=O)c1ccc(N2CCN(C(=O)[C@H](C)N=C3NS(=O)(=O)c4ccccc43)CC2)nc1. The first-order valence-electron chi connectivity index (χ1n) is 10.7. The van der Waals surface area contributed by atoms with Crippen LogP contribution in [0, 0.1) is 0 Å². The molecule has 1 amide bonds. The first-order chi connectivity index (χ1) is 15.8. The lowest BCUT2D eigenvalue weighted by atomic mass is 10.2. The molecule has 174 valence electrons. The number of aliphatic imine (C=N–C) groups is 1. The fourth-order valence-corrected chi connectivity index (χ4v) is 5.05. The van der Waals surface area contributed by atoms with Gasteiger partial charge in [0.15, 0.2) is 0 Å². The Bertz CT molecular complexity index is 1190. The Morgan fingerprint density at radius 2 is 1.88 bits per heavy atom. The number of nitrogens with one attached hydrogen (secondary N) is 1. The summed E-state index contributed by atoms with van der Waals surface area (Å²) in [5.74, 6) is 0.336. The molecule has 2 aliphatic rings. The van der Waals surface area contributed by atoms with Crippen LogP contribution in [0.25, 0.3) is 0 Å². The predicted molar refractivity (Wildman–Crippen MR) is 122 cm³/mol. The molecule has 0 aliphatic carbocycles. The van der Waals surface area contributed by atoms with Gasteiger partial charge in [0.2, 0.25) is 5.91 Å². The topological polar surface area (TPSA) is 121 Å². The van der Waals surface area contributed by atoms with E-state index in [1.165, 1.54) is 12.3 Å². The van der Waals surface area contributed by atoms with Crippen LogP contribution >= 0.6 is 0 Å². The standard InChI is InChI=1S/C22H25N5O5S/c1-3-32-22(29)16-8-9-19(23-14-16)26-10-12-27(13-11-26)21(28)15(2)24-20-17-6-4-5-7-18(17)33(30,31)25-20/h4-9,14-15H,3,10-13H2,1-2H3,(H,24,25)/t15-/m0/s1. The molecule has 0 bridgehead atoms. The number of piperazine rings is 1. The number of carbonyl (C=O) groups is 2. The average Bonchev–Trinajstić information content (AvgIpc) is 3.08. The number of benzene rings is 1. The van der Waals surface area contributed by atoms with Gasteiger partial charge in [-0.15, -0.1) is 0 Å². The zero-order valence-electron chi connectivity index (χ0n) is 18.4. The first-order valence-corrected chi connectivity index (χ1v) is 12.2. The van der Waals surface area contributed by atoms with E-state index in [1.807, 2.05) is 4.90 Å². The summed E-state index contributed by atoms with van der Waals surface area (Å²) in [6.07, 6.45) is 1.49. The minimum Gasteiger partial charge on any atom is -0.462 e. The zero-order valence-corrected chi connectivity index (χ0v) is 19.2. The number of amidine groups is 1. The number of ether oxygens (including phenoxy) is 1. The van der Waals surface area contributed by atoms with Crippen molar-refractivity contribution in [3.63, 3.8) is 0 Å². The highest BCUT2D eigenvalue weighted by Gasteiger charge is 2.32. The van der Waals surface area contributed by atoms with Gasteiger partial charge < -0.3 is 14.5 Å². The van der Waals surface area contributed by atoms with E-state index in [-0.39, 0.29) is 16.6 Å². The lowest BCUT2D eigenvalue weighted by Gasteiger charge is -2.36. The van der Waals surface area contributed by atoms with Crippen molar-refractivity contribution in [3.05, 3.63) is 53.7 Å². The third kappa shape index (κ3) is 4.68. The minimum atomic E-state index is -3.65. The molecule has 1 atom stereocenters. The maximum Gasteiger partial charge on any atom is 0.339 e. The van der Waals surface area contributed by atoms with E-state index >= 15 is 0 Å². The van der Waals surface area contributed by atoms with Crippen molar-refractivity contribution in [1.82, 2.24) is 14.6 Å². The summed E-state index contributed by atoms with van der Waals surface area (Å²) < 4.78 is 31.9. The summed E-state index contributed by atoms with van der Waals surface area (Å²) in [6, 6.07) is 9.27. The van der Waals surface area contributed by atoms with E-state index in [1.54, 1.807) is 49.1 Å². The molecule has 1 N–H and O–H groups in total. The molecule has 4 rings (SSSR count). The minimum absolute atomic E-state index is 0.165. The number of hydrogen-bond donors (Lipinski definition) is 1. The molecule has 33 heavy (non-hydrogen) atoms. The summed E-state index contributed by atoms with van der Waals surface area (Å²) in [7, 11) is -3.65. The van der Waals surface area contributed by atoms with Gasteiger partial charge in [0.25, 0.3) is 10.0 Å². The van der Waals surface area contributed by atoms with Crippen molar-refractivity contribution in [2.75, 3.05) is 37.7 Å². The lowest BCUT2D eigenvalue weighted by molar-refractivity contribution is -0.132. The summed E-state index contributed by atoms with van der Waals surface area (Å²) in [5.41, 5.74) is 0.866. The molecule has 3 heterocycles. The molecule has 1 saturated heterocycles. The van der Waals surface area contributed by atoms with Crippen LogP contribution in [0.1, 0.15) is 29.8 Å². The number of carbonyl (C=O) groups excluding carboxylic acids is 2. The predicted octanol–water partition coefficient (Wildman–Crippen LogP) is 1.03. The van der Waals surface area contributed by atoms with E-state index in [4.69, 9.17) is 4.74 Å². The van der Waals surface area contributed by atoms with Gasteiger partial charge in [-0.1, -0.05) is 12.1 Å². The molecule has 11 heteroatoms. The summed E-state index contributed by atoms with van der Waals surface area (Å²) >= 11 is 0. The largest absolute Gasteiger partial charge is 0.462 e. The molecule has 0 unspecified atom stereocenters. The molecule has 1 aromatic carbocycles. The van der Waals surface area contributed by atoms with E-state index in [9.17, 15) is 18.0 Å². The second-order valence-corrected chi connectivity index (χ2v) is 9.34. The van der Waals surface area contributed by atoms with Crippen molar-refractivity contribution in [1.29, 1.82) is 0 Å². The van der Waals surface area contributed by atoms with Gasteiger partial charge in [-0.2, -0.15) is 0 Å². The number of sulfonamides is 1. The van der Waals surface area contributed by atoms with E-state index < -0.39 is 22.0 Å². The fourth-order valence-electron chi connectivity index (χ4n) is 3.81.